The Kier molecular flexibility index (Phi) is 2.80. The summed E-state index contributed by atoms with van der Waals surface area (Å²) in [6.07, 6.45) is -2.36. The van der Waals surface area contributed by atoms with Gasteiger partial charge in [-0.2, -0.15) is 0 Å². The lowest BCUT2D eigenvalue weighted by molar-refractivity contribution is -0.139. The molecule has 0 saturated carbocycles. The van der Waals surface area contributed by atoms with Crippen LogP contribution in [0.3, 0.4) is 0 Å². The third-order valence-corrected chi connectivity index (χ3v) is 1.90. The summed E-state index contributed by atoms with van der Waals surface area (Å²) in [5.41, 5.74) is 10.7. The van der Waals surface area contributed by atoms with Crippen LogP contribution in [-0.2, 0) is 4.74 Å². The topological polar surface area (TPSA) is 102 Å². The van der Waals surface area contributed by atoms with Crippen molar-refractivity contribution in [2.75, 3.05) is 13.2 Å². The average molecular weight is 162 g/mol. The van der Waals surface area contributed by atoms with Crippen LogP contribution >= 0.6 is 0 Å². The second-order valence-electron chi connectivity index (χ2n) is 2.75. The largest absolute Gasteiger partial charge is 0.389 e. The fourth-order valence-electron chi connectivity index (χ4n) is 1.11. The summed E-state index contributed by atoms with van der Waals surface area (Å²) in [5.74, 6) is 0. The second kappa shape index (κ2) is 3.46. The third-order valence-electron chi connectivity index (χ3n) is 1.90. The van der Waals surface area contributed by atoms with Crippen molar-refractivity contribution in [3.05, 3.63) is 0 Å². The van der Waals surface area contributed by atoms with Crippen molar-refractivity contribution in [2.45, 2.75) is 24.4 Å². The van der Waals surface area contributed by atoms with Crippen molar-refractivity contribution in [2.24, 2.45) is 11.5 Å². The highest BCUT2D eigenvalue weighted by molar-refractivity contribution is 4.88. The predicted molar refractivity (Wildman–Crippen MR) is 38.8 cm³/mol. The van der Waals surface area contributed by atoms with Crippen molar-refractivity contribution in [3.8, 4) is 0 Å². The number of ether oxygens (including phenoxy) is 1. The summed E-state index contributed by atoms with van der Waals surface area (Å²) in [7, 11) is 0. The van der Waals surface area contributed by atoms with E-state index in [2.05, 4.69) is 0 Å². The quantitative estimate of drug-likeness (QED) is 0.338. The van der Waals surface area contributed by atoms with Gasteiger partial charge in [0, 0.05) is 6.54 Å². The van der Waals surface area contributed by atoms with E-state index in [9.17, 15) is 10.2 Å². The van der Waals surface area contributed by atoms with Gasteiger partial charge in [0.1, 0.15) is 6.10 Å². The monoisotopic (exact) mass is 162 g/mol. The molecule has 11 heavy (non-hydrogen) atoms. The number of rotatable bonds is 1. The number of hydrogen-bond acceptors (Lipinski definition) is 5. The van der Waals surface area contributed by atoms with E-state index < -0.39 is 24.4 Å². The summed E-state index contributed by atoms with van der Waals surface area (Å²) in [6, 6.07) is -0.507. The van der Waals surface area contributed by atoms with E-state index in [0.717, 1.165) is 0 Å². The highest BCUT2D eigenvalue weighted by Crippen LogP contribution is 2.12. The highest BCUT2D eigenvalue weighted by atomic mass is 16.5. The molecule has 0 radical (unpaired) electrons. The fraction of sp³-hybridized carbons (Fsp3) is 1.00. The molecule has 5 heteroatoms. The zero-order valence-corrected chi connectivity index (χ0v) is 6.18. The highest BCUT2D eigenvalue weighted by Gasteiger charge is 2.35. The minimum Gasteiger partial charge on any atom is -0.389 e. The lowest BCUT2D eigenvalue weighted by Crippen LogP contribution is -2.58. The van der Waals surface area contributed by atoms with Crippen molar-refractivity contribution >= 4 is 0 Å². The maximum absolute atomic E-state index is 9.27. The summed E-state index contributed by atoms with van der Waals surface area (Å²) in [6.45, 7) is 0.449. The van der Waals surface area contributed by atoms with Crippen molar-refractivity contribution < 1.29 is 14.9 Å². The molecule has 0 aliphatic carbocycles. The predicted octanol–water partition coefficient (Wildman–Crippen LogP) is -2.61. The Bertz CT molecular complexity index is 131. The number of aliphatic hydroxyl groups excluding tert-OH is 2. The van der Waals surface area contributed by atoms with Gasteiger partial charge in [-0.05, 0) is 0 Å². The molecular formula is C6H14N2O3. The van der Waals surface area contributed by atoms with Gasteiger partial charge in [0.05, 0.1) is 24.9 Å². The van der Waals surface area contributed by atoms with Gasteiger partial charge in [0.2, 0.25) is 0 Å². The molecule has 0 bridgehead atoms. The maximum atomic E-state index is 9.27. The molecule has 6 N–H and O–H groups in total. The first-order valence-electron chi connectivity index (χ1n) is 3.60. The molecule has 1 heterocycles. The molecule has 0 aromatic heterocycles. The Morgan fingerprint density at radius 3 is 2.55 bits per heavy atom. The first kappa shape index (κ1) is 8.89. The second-order valence-corrected chi connectivity index (χ2v) is 2.75. The summed E-state index contributed by atoms with van der Waals surface area (Å²) in [4.78, 5) is 0. The van der Waals surface area contributed by atoms with E-state index in [1.807, 2.05) is 0 Å². The lowest BCUT2D eigenvalue weighted by atomic mass is 9.99. The first-order chi connectivity index (χ1) is 5.16. The number of aliphatic hydroxyl groups is 2. The van der Waals surface area contributed by atoms with Crippen LogP contribution in [0.1, 0.15) is 0 Å². The van der Waals surface area contributed by atoms with E-state index in [1.54, 1.807) is 0 Å². The summed E-state index contributed by atoms with van der Waals surface area (Å²) < 4.78 is 5.06. The van der Waals surface area contributed by atoms with Crippen molar-refractivity contribution in [1.82, 2.24) is 0 Å². The van der Waals surface area contributed by atoms with Crippen LogP contribution in [0.15, 0.2) is 0 Å². The molecule has 0 aromatic carbocycles. The molecular weight excluding hydrogens is 148 g/mol. The van der Waals surface area contributed by atoms with Gasteiger partial charge in [-0.25, -0.2) is 0 Å². The molecule has 1 rings (SSSR count). The molecule has 0 amide bonds. The Morgan fingerprint density at radius 2 is 2.00 bits per heavy atom. The zero-order chi connectivity index (χ0) is 8.43. The van der Waals surface area contributed by atoms with E-state index in [4.69, 9.17) is 16.2 Å². The molecule has 0 aromatic rings. The van der Waals surface area contributed by atoms with Crippen LogP contribution in [0.2, 0.25) is 0 Å². The molecule has 0 spiro atoms. The van der Waals surface area contributed by atoms with Gasteiger partial charge in [-0.15, -0.1) is 0 Å². The molecule has 1 aliphatic heterocycles. The summed E-state index contributed by atoms with van der Waals surface area (Å²) in [5, 5.41) is 18.5. The average Bonchev–Trinajstić information content (AvgIpc) is 2.01. The first-order valence-corrected chi connectivity index (χ1v) is 3.60. The Labute approximate surface area is 64.9 Å². The van der Waals surface area contributed by atoms with Crippen molar-refractivity contribution in [1.29, 1.82) is 0 Å². The van der Waals surface area contributed by atoms with Crippen LogP contribution in [0.4, 0.5) is 0 Å². The van der Waals surface area contributed by atoms with Gasteiger partial charge < -0.3 is 26.4 Å². The van der Waals surface area contributed by atoms with Crippen LogP contribution < -0.4 is 11.5 Å². The van der Waals surface area contributed by atoms with Gasteiger partial charge in [-0.3, -0.25) is 0 Å². The zero-order valence-electron chi connectivity index (χ0n) is 6.18. The fourth-order valence-corrected chi connectivity index (χ4v) is 1.11. The molecule has 1 unspecified atom stereocenters. The molecule has 5 nitrogen and oxygen atoms in total. The molecule has 66 valence electrons. The van der Waals surface area contributed by atoms with Crippen LogP contribution in [0.5, 0.6) is 0 Å². The standard InChI is InChI=1S/C6H14N2O3/c7-1-4-6(10)5(9)3(8)2-11-4/h3-6,9-10H,1-2,7-8H2/t3-,4-,5?,6+/m0/s1. The van der Waals surface area contributed by atoms with E-state index in [0.29, 0.717) is 0 Å². The maximum Gasteiger partial charge on any atom is 0.109 e. The number of nitrogens with two attached hydrogens (primary N) is 2. The minimum atomic E-state index is -0.955. The smallest absolute Gasteiger partial charge is 0.109 e. The Morgan fingerprint density at radius 1 is 1.36 bits per heavy atom. The van der Waals surface area contributed by atoms with Crippen LogP contribution in [0.25, 0.3) is 0 Å². The minimum absolute atomic E-state index is 0.199. The van der Waals surface area contributed by atoms with Gasteiger partial charge >= 0.3 is 0 Å². The number of hydrogen-bond donors (Lipinski definition) is 4. The van der Waals surface area contributed by atoms with Gasteiger partial charge in [-0.1, -0.05) is 0 Å². The Hall–Kier alpha value is -0.200. The van der Waals surface area contributed by atoms with Crippen LogP contribution in [-0.4, -0.2) is 47.7 Å². The van der Waals surface area contributed by atoms with E-state index in [1.165, 1.54) is 0 Å². The normalized spacial score (nSPS) is 45.8. The summed E-state index contributed by atoms with van der Waals surface area (Å²) >= 11 is 0. The molecule has 1 fully saturated rings. The van der Waals surface area contributed by atoms with Crippen LogP contribution in [0, 0.1) is 0 Å². The van der Waals surface area contributed by atoms with E-state index in [-0.39, 0.29) is 13.2 Å². The van der Waals surface area contributed by atoms with Gasteiger partial charge in [0.25, 0.3) is 0 Å². The van der Waals surface area contributed by atoms with Gasteiger partial charge in [0.15, 0.2) is 0 Å². The molecule has 1 saturated heterocycles. The Balaban J connectivity index is 2.52. The lowest BCUT2D eigenvalue weighted by Gasteiger charge is -2.35. The molecule has 4 atom stereocenters. The molecule has 1 aliphatic rings. The van der Waals surface area contributed by atoms with E-state index >= 15 is 0 Å². The third kappa shape index (κ3) is 1.69. The van der Waals surface area contributed by atoms with Crippen molar-refractivity contribution in [3.63, 3.8) is 0 Å². The SMILES string of the molecule is NC[C@@H]1OC[C@H](N)C(O)[C@@H]1O.